The van der Waals surface area contributed by atoms with Gasteiger partial charge in [0.15, 0.2) is 5.96 Å². The van der Waals surface area contributed by atoms with E-state index >= 15 is 0 Å². The minimum atomic E-state index is 0. The lowest BCUT2D eigenvalue weighted by Gasteiger charge is -2.13. The third-order valence-corrected chi connectivity index (χ3v) is 3.73. The van der Waals surface area contributed by atoms with Gasteiger partial charge in [-0.2, -0.15) is 0 Å². The summed E-state index contributed by atoms with van der Waals surface area (Å²) in [5, 5.41) is 9.47. The van der Waals surface area contributed by atoms with Gasteiger partial charge in [-0.15, -0.1) is 24.0 Å². The number of halogens is 1. The smallest absolute Gasteiger partial charge is 0.224 e. The molecule has 2 aromatic rings. The molecule has 2 rings (SSSR count). The number of carbonyl (C=O) groups excluding carboxylic acids is 1. The summed E-state index contributed by atoms with van der Waals surface area (Å²) in [6, 6.07) is 11.7. The van der Waals surface area contributed by atoms with Gasteiger partial charge in [0.05, 0.1) is 6.26 Å². The highest BCUT2D eigenvalue weighted by atomic mass is 127. The lowest BCUT2D eigenvalue weighted by atomic mass is 10.1. The van der Waals surface area contributed by atoms with Gasteiger partial charge in [-0.25, -0.2) is 0 Å². The van der Waals surface area contributed by atoms with Crippen molar-refractivity contribution in [3.63, 3.8) is 0 Å². The Hall–Kier alpha value is -2.03. The third kappa shape index (κ3) is 8.94. The number of furan rings is 1. The molecule has 0 atom stereocenters. The fourth-order valence-corrected chi connectivity index (χ4v) is 2.51. The molecule has 0 saturated heterocycles. The first-order valence-electron chi connectivity index (χ1n) is 8.92. The number of carbonyl (C=O) groups is 1. The van der Waals surface area contributed by atoms with E-state index in [1.54, 1.807) is 13.3 Å². The number of hydrogen-bond acceptors (Lipinski definition) is 3. The van der Waals surface area contributed by atoms with Gasteiger partial charge in [0.2, 0.25) is 5.91 Å². The van der Waals surface area contributed by atoms with Crippen molar-refractivity contribution in [1.29, 1.82) is 0 Å². The molecule has 0 aliphatic rings. The van der Waals surface area contributed by atoms with Crippen molar-refractivity contribution >= 4 is 41.5 Å². The highest BCUT2D eigenvalue weighted by Gasteiger charge is 2.06. The molecule has 7 heteroatoms. The fraction of sp³-hybridized carbons (Fsp3) is 0.400. The maximum absolute atomic E-state index is 11.9. The summed E-state index contributed by atoms with van der Waals surface area (Å²) in [5.41, 5.74) is 1.89. The van der Waals surface area contributed by atoms with Crippen LogP contribution < -0.4 is 16.0 Å². The van der Waals surface area contributed by atoms with E-state index in [1.165, 1.54) is 0 Å². The molecule has 6 nitrogen and oxygen atoms in total. The molecule has 27 heavy (non-hydrogen) atoms. The quantitative estimate of drug-likeness (QED) is 0.303. The fourth-order valence-electron chi connectivity index (χ4n) is 2.51. The Morgan fingerprint density at radius 2 is 2.00 bits per heavy atom. The van der Waals surface area contributed by atoms with Crippen LogP contribution in [0.25, 0.3) is 0 Å². The summed E-state index contributed by atoms with van der Waals surface area (Å²) < 4.78 is 5.31. The Morgan fingerprint density at radius 1 is 1.19 bits per heavy atom. The lowest BCUT2D eigenvalue weighted by molar-refractivity contribution is -0.116. The van der Waals surface area contributed by atoms with E-state index in [4.69, 9.17) is 4.42 Å². The van der Waals surface area contributed by atoms with Crippen LogP contribution in [0.1, 0.15) is 31.6 Å². The van der Waals surface area contributed by atoms with Gasteiger partial charge in [0.25, 0.3) is 0 Å². The van der Waals surface area contributed by atoms with Crippen LogP contribution in [0.15, 0.2) is 52.1 Å². The van der Waals surface area contributed by atoms with Gasteiger partial charge in [-0.1, -0.05) is 26.0 Å². The third-order valence-electron chi connectivity index (χ3n) is 3.73. The van der Waals surface area contributed by atoms with Crippen molar-refractivity contribution in [2.45, 2.75) is 33.2 Å². The zero-order valence-corrected chi connectivity index (χ0v) is 18.4. The SMILES string of the molecule is CN=C(NCCc1ccco1)NCc1cccc(NC(=O)CC(C)C)c1.I. The lowest BCUT2D eigenvalue weighted by Crippen LogP contribution is -2.37. The van der Waals surface area contributed by atoms with Crippen molar-refractivity contribution in [3.8, 4) is 0 Å². The maximum atomic E-state index is 11.9. The van der Waals surface area contributed by atoms with E-state index in [-0.39, 0.29) is 29.9 Å². The molecule has 3 N–H and O–H groups in total. The highest BCUT2D eigenvalue weighted by molar-refractivity contribution is 14.0. The zero-order chi connectivity index (χ0) is 18.8. The standard InChI is InChI=1S/C20H28N4O2.HI/c1-15(2)12-19(25)24-17-7-4-6-16(13-17)14-23-20(21-3)22-10-9-18-8-5-11-26-18;/h4-8,11,13,15H,9-10,12,14H2,1-3H3,(H,24,25)(H2,21,22,23);1H. The van der Waals surface area contributed by atoms with Gasteiger partial charge >= 0.3 is 0 Å². The van der Waals surface area contributed by atoms with Crippen LogP contribution >= 0.6 is 24.0 Å². The predicted molar refractivity (Wildman–Crippen MR) is 121 cm³/mol. The van der Waals surface area contributed by atoms with Gasteiger partial charge in [0.1, 0.15) is 5.76 Å². The predicted octanol–water partition coefficient (Wildman–Crippen LogP) is 3.79. The second-order valence-corrected chi connectivity index (χ2v) is 6.53. The zero-order valence-electron chi connectivity index (χ0n) is 16.1. The van der Waals surface area contributed by atoms with Crippen molar-refractivity contribution in [2.24, 2.45) is 10.9 Å². The summed E-state index contributed by atoms with van der Waals surface area (Å²) in [6.07, 6.45) is 3.00. The van der Waals surface area contributed by atoms with Crippen LogP contribution in [0, 0.1) is 5.92 Å². The molecule has 0 fully saturated rings. The molecule has 148 valence electrons. The molecule has 0 bridgehead atoms. The summed E-state index contributed by atoms with van der Waals surface area (Å²) in [5.74, 6) is 2.06. The number of rotatable bonds is 8. The van der Waals surface area contributed by atoms with Crippen LogP contribution in [0.2, 0.25) is 0 Å². The summed E-state index contributed by atoms with van der Waals surface area (Å²) in [6.45, 7) is 5.42. The molecule has 0 spiro atoms. The number of benzene rings is 1. The average molecular weight is 484 g/mol. The van der Waals surface area contributed by atoms with E-state index in [1.807, 2.05) is 50.2 Å². The first kappa shape index (κ1) is 23.0. The molecule has 1 aromatic heterocycles. The minimum Gasteiger partial charge on any atom is -0.469 e. The second kappa shape index (κ2) is 12.4. The Kier molecular flexibility index (Phi) is 10.5. The second-order valence-electron chi connectivity index (χ2n) is 6.53. The number of nitrogens with zero attached hydrogens (tertiary/aromatic N) is 1. The van der Waals surface area contributed by atoms with Crippen molar-refractivity contribution in [1.82, 2.24) is 10.6 Å². The summed E-state index contributed by atoms with van der Waals surface area (Å²) >= 11 is 0. The first-order chi connectivity index (χ1) is 12.6. The largest absolute Gasteiger partial charge is 0.469 e. The molecular weight excluding hydrogens is 455 g/mol. The molecule has 0 saturated carbocycles. The van der Waals surface area contributed by atoms with Crippen LogP contribution in [0.5, 0.6) is 0 Å². The molecular formula is C20H29IN4O2. The molecule has 1 heterocycles. The van der Waals surface area contributed by atoms with E-state index < -0.39 is 0 Å². The van der Waals surface area contributed by atoms with E-state index in [0.717, 1.165) is 35.9 Å². The number of guanidine groups is 1. The van der Waals surface area contributed by atoms with Crippen LogP contribution in [-0.2, 0) is 17.8 Å². The van der Waals surface area contributed by atoms with Gasteiger partial charge in [-0.3, -0.25) is 9.79 Å². The van der Waals surface area contributed by atoms with E-state index in [9.17, 15) is 4.79 Å². The van der Waals surface area contributed by atoms with Crippen LogP contribution in [0.3, 0.4) is 0 Å². The number of anilines is 1. The normalized spacial score (nSPS) is 11.0. The van der Waals surface area contributed by atoms with Gasteiger partial charge in [-0.05, 0) is 35.7 Å². The number of hydrogen-bond donors (Lipinski definition) is 3. The molecule has 0 radical (unpaired) electrons. The number of amides is 1. The highest BCUT2D eigenvalue weighted by Crippen LogP contribution is 2.12. The van der Waals surface area contributed by atoms with E-state index in [0.29, 0.717) is 18.9 Å². The summed E-state index contributed by atoms with van der Waals surface area (Å²) in [7, 11) is 1.74. The van der Waals surface area contributed by atoms with E-state index in [2.05, 4.69) is 20.9 Å². The average Bonchev–Trinajstić information content (AvgIpc) is 3.11. The first-order valence-corrected chi connectivity index (χ1v) is 8.92. The molecule has 0 unspecified atom stereocenters. The van der Waals surface area contributed by atoms with Gasteiger partial charge < -0.3 is 20.4 Å². The molecule has 1 amide bonds. The molecule has 0 aliphatic heterocycles. The Morgan fingerprint density at radius 3 is 2.67 bits per heavy atom. The Labute approximate surface area is 178 Å². The number of aliphatic imine (C=N–C) groups is 1. The molecule has 0 aliphatic carbocycles. The Bertz CT molecular complexity index is 715. The Balaban J connectivity index is 0.00000364. The maximum Gasteiger partial charge on any atom is 0.224 e. The topological polar surface area (TPSA) is 78.7 Å². The van der Waals surface area contributed by atoms with Crippen molar-refractivity contribution < 1.29 is 9.21 Å². The van der Waals surface area contributed by atoms with Crippen molar-refractivity contribution in [3.05, 3.63) is 54.0 Å². The van der Waals surface area contributed by atoms with Crippen LogP contribution in [0.4, 0.5) is 5.69 Å². The summed E-state index contributed by atoms with van der Waals surface area (Å²) in [4.78, 5) is 16.1. The minimum absolute atomic E-state index is 0. The molecule has 1 aromatic carbocycles. The van der Waals surface area contributed by atoms with Gasteiger partial charge in [0, 0.05) is 38.7 Å². The number of nitrogens with one attached hydrogen (secondary N) is 3. The van der Waals surface area contributed by atoms with Crippen LogP contribution in [-0.4, -0.2) is 25.5 Å². The monoisotopic (exact) mass is 484 g/mol. The van der Waals surface area contributed by atoms with Crippen molar-refractivity contribution in [2.75, 3.05) is 18.9 Å².